The molecule has 1 N–H and O–H groups in total. The van der Waals surface area contributed by atoms with Crippen LogP contribution in [0.4, 0.5) is 5.69 Å². The summed E-state index contributed by atoms with van der Waals surface area (Å²) in [6.07, 6.45) is 1.44. The molecule has 0 heterocycles. The Morgan fingerprint density at radius 2 is 1.79 bits per heavy atom. The second-order valence-electron chi connectivity index (χ2n) is 7.74. The molecule has 0 fully saturated rings. The Morgan fingerprint density at radius 3 is 2.36 bits per heavy atom. The third-order valence-electron chi connectivity index (χ3n) is 5.36. The van der Waals surface area contributed by atoms with E-state index in [-0.39, 0.29) is 12.5 Å². The molecule has 0 aliphatic rings. The van der Waals surface area contributed by atoms with Crippen LogP contribution in [0.15, 0.2) is 48.5 Å². The molecule has 2 aromatic carbocycles. The highest BCUT2D eigenvalue weighted by atomic mass is 32.2. The number of hydrogen-bond donors (Lipinski definition) is 1. The number of likely N-dealkylation sites (N-methyl/N-ethyl adjacent to an activating group) is 1. The van der Waals surface area contributed by atoms with Crippen molar-refractivity contribution in [2.75, 3.05) is 30.8 Å². The molecule has 0 bridgehead atoms. The molecular formula is C24H33N3O5S. The maximum atomic E-state index is 13.6. The predicted molar refractivity (Wildman–Crippen MR) is 130 cm³/mol. The molecule has 0 aromatic heterocycles. The van der Waals surface area contributed by atoms with E-state index in [1.165, 1.54) is 12.0 Å². The fraction of sp³-hybridized carbons (Fsp3) is 0.417. The first-order valence-corrected chi connectivity index (χ1v) is 12.7. The molecule has 2 rings (SSSR count). The number of carbonyl (C=O) groups is 2. The van der Waals surface area contributed by atoms with Crippen molar-refractivity contribution in [1.29, 1.82) is 0 Å². The number of aryl methyl sites for hydroxylation is 1. The Morgan fingerprint density at radius 1 is 1.09 bits per heavy atom. The first-order chi connectivity index (χ1) is 15.6. The van der Waals surface area contributed by atoms with Crippen molar-refractivity contribution < 1.29 is 22.7 Å². The molecule has 0 radical (unpaired) electrons. The summed E-state index contributed by atoms with van der Waals surface area (Å²) in [6.45, 7) is 5.76. The molecular weight excluding hydrogens is 442 g/mol. The fourth-order valence-corrected chi connectivity index (χ4v) is 4.40. The first kappa shape index (κ1) is 26.2. The fourth-order valence-electron chi connectivity index (χ4n) is 3.56. The monoisotopic (exact) mass is 475 g/mol. The molecule has 180 valence electrons. The largest absolute Gasteiger partial charge is 0.497 e. The van der Waals surface area contributed by atoms with E-state index in [0.29, 0.717) is 24.4 Å². The number of methoxy groups -OCH3 is 1. The van der Waals surface area contributed by atoms with E-state index in [1.807, 2.05) is 45.0 Å². The van der Waals surface area contributed by atoms with E-state index in [4.69, 9.17) is 4.74 Å². The molecule has 1 atom stereocenters. The van der Waals surface area contributed by atoms with Gasteiger partial charge in [0.05, 0.1) is 19.1 Å². The Kier molecular flexibility index (Phi) is 9.28. The van der Waals surface area contributed by atoms with Crippen LogP contribution in [0.5, 0.6) is 5.75 Å². The van der Waals surface area contributed by atoms with Crippen molar-refractivity contribution in [2.24, 2.45) is 0 Å². The number of amides is 2. The van der Waals surface area contributed by atoms with Crippen LogP contribution < -0.4 is 14.4 Å². The van der Waals surface area contributed by atoms with Crippen molar-refractivity contribution in [3.05, 3.63) is 59.7 Å². The van der Waals surface area contributed by atoms with Gasteiger partial charge in [0.15, 0.2) is 0 Å². The molecule has 2 aromatic rings. The standard InChI is InChI=1S/C24H33N3O5S/c1-6-22(24(29)25-7-2)26(16-19-12-9-8-11-18(19)3)23(28)17-27(33(5,30)31)20-13-10-14-21(15-20)32-4/h8-15,22H,6-7,16-17H2,1-5H3,(H,25,29)/t22-/m1/s1. The number of nitrogens with one attached hydrogen (secondary N) is 1. The number of hydrogen-bond acceptors (Lipinski definition) is 5. The summed E-state index contributed by atoms with van der Waals surface area (Å²) in [5, 5.41) is 2.78. The van der Waals surface area contributed by atoms with Gasteiger partial charge in [0.1, 0.15) is 18.3 Å². The second-order valence-corrected chi connectivity index (χ2v) is 9.64. The Bertz CT molecular complexity index is 1070. The van der Waals surface area contributed by atoms with Gasteiger partial charge in [0, 0.05) is 19.2 Å². The van der Waals surface area contributed by atoms with Crippen LogP contribution in [0.2, 0.25) is 0 Å². The smallest absolute Gasteiger partial charge is 0.244 e. The summed E-state index contributed by atoms with van der Waals surface area (Å²) in [5.74, 6) is -0.266. The lowest BCUT2D eigenvalue weighted by Crippen LogP contribution is -2.52. The average Bonchev–Trinajstić information content (AvgIpc) is 2.77. The normalized spacial score (nSPS) is 12.0. The Hall–Kier alpha value is -3.07. The van der Waals surface area contributed by atoms with Crippen LogP contribution in [0.1, 0.15) is 31.4 Å². The molecule has 9 heteroatoms. The van der Waals surface area contributed by atoms with Gasteiger partial charge < -0.3 is 15.0 Å². The number of benzene rings is 2. The summed E-state index contributed by atoms with van der Waals surface area (Å²) in [6, 6.07) is 13.4. The molecule has 2 amide bonds. The van der Waals surface area contributed by atoms with Crippen LogP contribution in [0, 0.1) is 6.92 Å². The lowest BCUT2D eigenvalue weighted by atomic mass is 10.1. The van der Waals surface area contributed by atoms with E-state index >= 15 is 0 Å². The molecule has 33 heavy (non-hydrogen) atoms. The van der Waals surface area contributed by atoms with Crippen LogP contribution in [-0.4, -0.2) is 57.6 Å². The van der Waals surface area contributed by atoms with Gasteiger partial charge in [-0.05, 0) is 43.5 Å². The summed E-state index contributed by atoms with van der Waals surface area (Å²) >= 11 is 0. The molecule has 8 nitrogen and oxygen atoms in total. The van der Waals surface area contributed by atoms with Crippen molar-refractivity contribution in [3.63, 3.8) is 0 Å². The molecule has 0 aliphatic heterocycles. The quantitative estimate of drug-likeness (QED) is 0.539. The Balaban J connectivity index is 2.46. The van der Waals surface area contributed by atoms with Crippen molar-refractivity contribution >= 4 is 27.5 Å². The molecule has 0 spiro atoms. The van der Waals surface area contributed by atoms with Gasteiger partial charge in [-0.1, -0.05) is 37.3 Å². The lowest BCUT2D eigenvalue weighted by Gasteiger charge is -2.33. The topological polar surface area (TPSA) is 96.0 Å². The predicted octanol–water partition coefficient (Wildman–Crippen LogP) is 2.71. The Labute approximate surface area is 196 Å². The molecule has 0 unspecified atom stereocenters. The number of ether oxygens (including phenoxy) is 1. The zero-order valence-corrected chi connectivity index (χ0v) is 20.7. The number of sulfonamides is 1. The summed E-state index contributed by atoms with van der Waals surface area (Å²) < 4.78 is 31.5. The zero-order chi connectivity index (χ0) is 24.6. The van der Waals surface area contributed by atoms with Crippen LogP contribution in [-0.2, 0) is 26.2 Å². The van der Waals surface area contributed by atoms with Gasteiger partial charge in [-0.3, -0.25) is 13.9 Å². The first-order valence-electron chi connectivity index (χ1n) is 10.9. The molecule has 0 aliphatic carbocycles. The average molecular weight is 476 g/mol. The highest BCUT2D eigenvalue weighted by Gasteiger charge is 2.31. The molecule has 0 saturated heterocycles. The van der Waals surface area contributed by atoms with Gasteiger partial charge in [0.25, 0.3) is 0 Å². The number of nitrogens with zero attached hydrogens (tertiary/aromatic N) is 2. The van der Waals surface area contributed by atoms with E-state index in [0.717, 1.165) is 21.7 Å². The van der Waals surface area contributed by atoms with Crippen LogP contribution in [0.25, 0.3) is 0 Å². The lowest BCUT2D eigenvalue weighted by molar-refractivity contribution is -0.140. The van der Waals surface area contributed by atoms with E-state index < -0.39 is 28.5 Å². The van der Waals surface area contributed by atoms with Gasteiger partial charge >= 0.3 is 0 Å². The summed E-state index contributed by atoms with van der Waals surface area (Å²) in [4.78, 5) is 27.8. The van der Waals surface area contributed by atoms with E-state index in [2.05, 4.69) is 5.32 Å². The second kappa shape index (κ2) is 11.7. The third-order valence-corrected chi connectivity index (χ3v) is 6.50. The van der Waals surface area contributed by atoms with Gasteiger partial charge in [-0.25, -0.2) is 8.42 Å². The van der Waals surface area contributed by atoms with Gasteiger partial charge in [0.2, 0.25) is 21.8 Å². The maximum absolute atomic E-state index is 13.6. The SMILES string of the molecule is CCNC(=O)[C@@H](CC)N(Cc1ccccc1C)C(=O)CN(c1cccc(OC)c1)S(C)(=O)=O. The summed E-state index contributed by atoms with van der Waals surface area (Å²) in [7, 11) is -2.30. The van der Waals surface area contributed by atoms with Crippen molar-refractivity contribution in [2.45, 2.75) is 39.8 Å². The van der Waals surface area contributed by atoms with Crippen molar-refractivity contribution in [3.8, 4) is 5.75 Å². The number of rotatable bonds is 11. The minimum absolute atomic E-state index is 0.191. The van der Waals surface area contributed by atoms with Crippen LogP contribution in [0.3, 0.4) is 0 Å². The number of anilines is 1. The van der Waals surface area contributed by atoms with E-state index in [9.17, 15) is 18.0 Å². The maximum Gasteiger partial charge on any atom is 0.244 e. The van der Waals surface area contributed by atoms with E-state index in [1.54, 1.807) is 24.3 Å². The highest BCUT2D eigenvalue weighted by molar-refractivity contribution is 7.92. The third kappa shape index (κ3) is 6.95. The highest BCUT2D eigenvalue weighted by Crippen LogP contribution is 2.24. The van der Waals surface area contributed by atoms with Gasteiger partial charge in [-0.15, -0.1) is 0 Å². The zero-order valence-electron chi connectivity index (χ0n) is 19.9. The minimum atomic E-state index is -3.79. The minimum Gasteiger partial charge on any atom is -0.497 e. The van der Waals surface area contributed by atoms with Crippen molar-refractivity contribution in [1.82, 2.24) is 10.2 Å². The molecule has 0 saturated carbocycles. The van der Waals surface area contributed by atoms with Crippen LogP contribution >= 0.6 is 0 Å². The number of carbonyl (C=O) groups excluding carboxylic acids is 2. The summed E-state index contributed by atoms with van der Waals surface area (Å²) in [5.41, 5.74) is 2.18. The van der Waals surface area contributed by atoms with Gasteiger partial charge in [-0.2, -0.15) is 0 Å².